The van der Waals surface area contributed by atoms with Crippen molar-refractivity contribution in [1.29, 1.82) is 0 Å². The molecule has 0 amide bonds. The van der Waals surface area contributed by atoms with Crippen molar-refractivity contribution >= 4 is 7.82 Å². The number of aliphatic hydroxyl groups is 1. The molecule has 0 aromatic heterocycles. The highest BCUT2D eigenvalue weighted by atomic mass is 31.2. The van der Waals surface area contributed by atoms with Gasteiger partial charge in [-0.05, 0) is 6.42 Å². The molecule has 0 aromatic carbocycles. The van der Waals surface area contributed by atoms with E-state index in [1.54, 1.807) is 0 Å². The molecule has 0 aromatic rings. The molecule has 72 valence electrons. The minimum absolute atomic E-state index is 0.335. The fourth-order valence-electron chi connectivity index (χ4n) is 0.964. The van der Waals surface area contributed by atoms with Gasteiger partial charge >= 0.3 is 0 Å². The molecule has 1 fully saturated rings. The van der Waals surface area contributed by atoms with Crippen LogP contribution >= 0.6 is 7.82 Å². The lowest BCUT2D eigenvalue weighted by Crippen LogP contribution is -2.26. The molecule has 7 heteroatoms. The molecule has 0 saturated carbocycles. The lowest BCUT2D eigenvalue weighted by molar-refractivity contribution is -0.222. The van der Waals surface area contributed by atoms with Gasteiger partial charge in [0.25, 0.3) is 7.82 Å². The Morgan fingerprint density at radius 2 is 2.42 bits per heavy atom. The van der Waals surface area contributed by atoms with Gasteiger partial charge in [-0.2, -0.15) is 0 Å². The molecule has 1 heterocycles. The van der Waals surface area contributed by atoms with Crippen molar-refractivity contribution in [2.75, 3.05) is 13.2 Å². The van der Waals surface area contributed by atoms with Gasteiger partial charge in [-0.25, -0.2) is 0 Å². The van der Waals surface area contributed by atoms with Gasteiger partial charge in [-0.3, -0.25) is 4.57 Å². The molecule has 1 aliphatic heterocycles. The summed E-state index contributed by atoms with van der Waals surface area (Å²) in [6.45, 7) is 0.0439. The average molecular weight is 197 g/mol. The van der Waals surface area contributed by atoms with Gasteiger partial charge in [0.1, 0.15) is 6.10 Å². The highest BCUT2D eigenvalue weighted by Crippen LogP contribution is 2.31. The van der Waals surface area contributed by atoms with Gasteiger partial charge in [0, 0.05) is 6.61 Å². The highest BCUT2D eigenvalue weighted by molar-refractivity contribution is 7.44. The van der Waals surface area contributed by atoms with Crippen molar-refractivity contribution in [3.05, 3.63) is 0 Å². The second-order valence-corrected chi connectivity index (χ2v) is 3.72. The van der Waals surface area contributed by atoms with Gasteiger partial charge in [-0.1, -0.05) is 0 Å². The van der Waals surface area contributed by atoms with Crippen LogP contribution in [0.15, 0.2) is 0 Å². The summed E-state index contributed by atoms with van der Waals surface area (Å²) in [6, 6.07) is 0. The zero-order chi connectivity index (χ0) is 9.19. The highest BCUT2D eigenvalue weighted by Gasteiger charge is 2.27. The average Bonchev–Trinajstić information content (AvgIpc) is 2.29. The second kappa shape index (κ2) is 3.83. The predicted octanol–water partition coefficient (Wildman–Crippen LogP) is -1.39. The monoisotopic (exact) mass is 197 g/mol. The molecular weight excluding hydrogens is 187 g/mol. The summed E-state index contributed by atoms with van der Waals surface area (Å²) in [6.07, 6.45) is -0.904. The smallest absolute Gasteiger partial charge is 0.265 e. The second-order valence-electron chi connectivity index (χ2n) is 2.53. The first-order valence-electron chi connectivity index (χ1n) is 3.47. The molecule has 1 saturated heterocycles. The van der Waals surface area contributed by atoms with Crippen LogP contribution in [0.3, 0.4) is 0 Å². The number of ether oxygens (including phenoxy) is 1. The maximum absolute atomic E-state index is 10.1. The van der Waals surface area contributed by atoms with Crippen LogP contribution in [0.25, 0.3) is 0 Å². The summed E-state index contributed by atoms with van der Waals surface area (Å²) >= 11 is 0. The molecular formula is C5H10O6P-. The molecule has 1 rings (SSSR count). The van der Waals surface area contributed by atoms with E-state index in [0.29, 0.717) is 13.0 Å². The van der Waals surface area contributed by atoms with Crippen molar-refractivity contribution in [3.63, 3.8) is 0 Å². The number of phosphoric acid groups is 1. The first-order valence-corrected chi connectivity index (χ1v) is 4.96. The van der Waals surface area contributed by atoms with E-state index in [2.05, 4.69) is 4.52 Å². The molecule has 1 aliphatic rings. The molecule has 2 N–H and O–H groups in total. The van der Waals surface area contributed by atoms with E-state index in [-0.39, 0.29) is 6.61 Å². The normalized spacial score (nSPS) is 34.9. The zero-order valence-electron chi connectivity index (χ0n) is 6.25. The lowest BCUT2D eigenvalue weighted by Gasteiger charge is -2.19. The summed E-state index contributed by atoms with van der Waals surface area (Å²) < 4.78 is 19.1. The van der Waals surface area contributed by atoms with Crippen LogP contribution in [-0.2, 0) is 13.8 Å². The van der Waals surface area contributed by atoms with E-state index < -0.39 is 20.0 Å². The zero-order valence-corrected chi connectivity index (χ0v) is 7.15. The number of hydrogen-bond donors (Lipinski definition) is 2. The fraction of sp³-hybridized carbons (Fsp3) is 1.00. The number of aliphatic hydroxyl groups excluding tert-OH is 1. The van der Waals surface area contributed by atoms with E-state index in [1.165, 1.54) is 0 Å². The van der Waals surface area contributed by atoms with Gasteiger partial charge in [-0.15, -0.1) is 0 Å². The van der Waals surface area contributed by atoms with Crippen LogP contribution in [0.4, 0.5) is 0 Å². The predicted molar refractivity (Wildman–Crippen MR) is 36.1 cm³/mol. The quantitative estimate of drug-likeness (QED) is 0.540. The van der Waals surface area contributed by atoms with Crippen LogP contribution in [0.2, 0.25) is 0 Å². The van der Waals surface area contributed by atoms with Crippen molar-refractivity contribution < 1.29 is 28.7 Å². The minimum atomic E-state index is -4.69. The van der Waals surface area contributed by atoms with Gasteiger partial charge in [0.2, 0.25) is 0 Å². The van der Waals surface area contributed by atoms with E-state index in [1.807, 2.05) is 0 Å². The van der Waals surface area contributed by atoms with E-state index >= 15 is 0 Å². The molecule has 0 radical (unpaired) electrons. The van der Waals surface area contributed by atoms with Crippen LogP contribution in [-0.4, -0.2) is 35.4 Å². The molecule has 0 bridgehead atoms. The number of rotatable bonds is 3. The van der Waals surface area contributed by atoms with Gasteiger partial charge < -0.3 is 24.2 Å². The Kier molecular flexibility index (Phi) is 3.22. The first kappa shape index (κ1) is 10.1. The van der Waals surface area contributed by atoms with Gasteiger partial charge in [0.05, 0.1) is 12.7 Å². The first-order chi connectivity index (χ1) is 5.49. The molecule has 6 nitrogen and oxygen atoms in total. The summed E-state index contributed by atoms with van der Waals surface area (Å²) in [4.78, 5) is 18.3. The summed E-state index contributed by atoms with van der Waals surface area (Å²) in [5, 5.41) is 9.11. The molecule has 12 heavy (non-hydrogen) atoms. The Morgan fingerprint density at radius 3 is 2.83 bits per heavy atom. The third-order valence-corrected chi connectivity index (χ3v) is 2.05. The van der Waals surface area contributed by atoms with Crippen LogP contribution in [0, 0.1) is 0 Å². The standard InChI is InChI=1S/C5H11O6P/c6-4-1-2-10-5(4)3-11-12(7,8)9/h4-6H,1-3H2,(H2,7,8,9)/p-1/t4-,5+/m0/s1. The number of phosphoric ester groups is 1. The summed E-state index contributed by atoms with van der Waals surface area (Å²) in [5.41, 5.74) is 0. The minimum Gasteiger partial charge on any atom is -0.756 e. The topological polar surface area (TPSA) is 99.1 Å². The Hall–Kier alpha value is 0.0300. The Bertz CT molecular complexity index is 188. The Balaban J connectivity index is 2.27. The van der Waals surface area contributed by atoms with Crippen molar-refractivity contribution in [2.24, 2.45) is 0 Å². The Labute approximate surface area is 69.4 Å². The third kappa shape index (κ3) is 3.18. The van der Waals surface area contributed by atoms with Crippen molar-refractivity contribution in [2.45, 2.75) is 18.6 Å². The van der Waals surface area contributed by atoms with Crippen molar-refractivity contribution in [1.82, 2.24) is 0 Å². The van der Waals surface area contributed by atoms with Crippen LogP contribution in [0.5, 0.6) is 0 Å². The maximum atomic E-state index is 10.1. The Morgan fingerprint density at radius 1 is 1.75 bits per heavy atom. The van der Waals surface area contributed by atoms with E-state index in [4.69, 9.17) is 14.7 Å². The summed E-state index contributed by atoms with van der Waals surface area (Å²) in [7, 11) is -4.69. The van der Waals surface area contributed by atoms with Crippen LogP contribution < -0.4 is 4.89 Å². The molecule has 0 spiro atoms. The molecule has 3 atom stereocenters. The number of hydrogen-bond acceptors (Lipinski definition) is 5. The SMILES string of the molecule is O=P([O-])(O)OC[C@H]1OCC[C@@H]1O. The maximum Gasteiger partial charge on any atom is 0.265 e. The van der Waals surface area contributed by atoms with E-state index in [9.17, 15) is 9.46 Å². The van der Waals surface area contributed by atoms with Gasteiger partial charge in [0.15, 0.2) is 0 Å². The largest absolute Gasteiger partial charge is 0.756 e. The van der Waals surface area contributed by atoms with Crippen LogP contribution in [0.1, 0.15) is 6.42 Å². The fourth-order valence-corrected chi connectivity index (χ4v) is 1.30. The molecule has 0 aliphatic carbocycles. The molecule has 1 unspecified atom stereocenters. The summed E-state index contributed by atoms with van der Waals surface area (Å²) in [5.74, 6) is 0. The lowest BCUT2D eigenvalue weighted by atomic mass is 10.2. The third-order valence-electron chi connectivity index (χ3n) is 1.58. The van der Waals surface area contributed by atoms with Crippen molar-refractivity contribution in [3.8, 4) is 0 Å². The van der Waals surface area contributed by atoms with E-state index in [0.717, 1.165) is 0 Å².